The number of nitrogens with zero attached hydrogens (tertiary/aromatic N) is 1. The van der Waals surface area contributed by atoms with Crippen LogP contribution in [0.4, 0.5) is 0 Å². The number of primary amides is 1. The van der Waals surface area contributed by atoms with Crippen molar-refractivity contribution in [3.8, 4) is 5.75 Å². The van der Waals surface area contributed by atoms with Gasteiger partial charge in [-0.15, -0.1) is 0 Å². The first-order valence-corrected chi connectivity index (χ1v) is 9.97. The Morgan fingerprint density at radius 2 is 2.15 bits per heavy atom. The van der Waals surface area contributed by atoms with Crippen LogP contribution in [0.25, 0.3) is 0 Å². The van der Waals surface area contributed by atoms with Crippen LogP contribution < -0.4 is 5.73 Å². The number of fused-ring (bicyclic) bond motifs is 1. The van der Waals surface area contributed by atoms with Crippen LogP contribution in [0.2, 0.25) is 0 Å². The Morgan fingerprint density at radius 1 is 1.37 bits per heavy atom. The SMILES string of the molecule is CCCCN1CC[C@]23CC(=O)CC[C@@]2(O)[C@H]1Cc1ccc(C(N)=O)c(O)c13. The van der Waals surface area contributed by atoms with E-state index >= 15 is 0 Å². The van der Waals surface area contributed by atoms with Crippen LogP contribution >= 0.6 is 0 Å². The number of aliphatic hydroxyl groups is 1. The van der Waals surface area contributed by atoms with E-state index in [0.717, 1.165) is 31.5 Å². The first kappa shape index (κ1) is 18.4. The number of hydrogen-bond donors (Lipinski definition) is 3. The number of carbonyl (C=O) groups is 2. The van der Waals surface area contributed by atoms with Crippen molar-refractivity contribution in [2.24, 2.45) is 5.73 Å². The topological polar surface area (TPSA) is 104 Å². The molecule has 1 aliphatic heterocycles. The standard InChI is InChI=1S/C21H28N2O4/c1-2-3-9-23-10-8-20-12-14(24)6-7-21(20,27)16(23)11-13-4-5-15(19(22)26)18(25)17(13)20/h4-5,16,25,27H,2-3,6-12H2,1H3,(H2,22,26)/t16-,20-,21-/m1/s1. The Balaban J connectivity index is 1.90. The Hall–Kier alpha value is -1.92. The molecule has 3 atom stereocenters. The second-order valence-electron chi connectivity index (χ2n) is 8.44. The number of aromatic hydroxyl groups is 1. The van der Waals surface area contributed by atoms with Gasteiger partial charge in [0.1, 0.15) is 11.5 Å². The summed E-state index contributed by atoms with van der Waals surface area (Å²) >= 11 is 0. The molecule has 146 valence electrons. The zero-order chi connectivity index (χ0) is 19.4. The molecule has 27 heavy (non-hydrogen) atoms. The molecular formula is C21H28N2O4. The fourth-order valence-corrected chi connectivity index (χ4v) is 5.83. The van der Waals surface area contributed by atoms with Gasteiger partial charge < -0.3 is 15.9 Å². The summed E-state index contributed by atoms with van der Waals surface area (Å²) in [6.07, 6.45) is 4.34. The molecule has 1 aromatic rings. The number of rotatable bonds is 4. The third-order valence-electron chi connectivity index (χ3n) is 7.15. The predicted molar refractivity (Wildman–Crippen MR) is 101 cm³/mol. The molecule has 4 rings (SSSR count). The second-order valence-corrected chi connectivity index (χ2v) is 8.44. The highest BCUT2D eigenvalue weighted by Crippen LogP contribution is 2.59. The van der Waals surface area contributed by atoms with Crippen LogP contribution in [0.15, 0.2) is 12.1 Å². The summed E-state index contributed by atoms with van der Waals surface area (Å²) in [4.78, 5) is 26.6. The number of phenols is 1. The average Bonchev–Trinajstić information content (AvgIpc) is 2.61. The third-order valence-corrected chi connectivity index (χ3v) is 7.15. The van der Waals surface area contributed by atoms with Gasteiger partial charge in [0.05, 0.1) is 11.2 Å². The van der Waals surface area contributed by atoms with E-state index in [1.165, 1.54) is 0 Å². The largest absolute Gasteiger partial charge is 0.507 e. The first-order chi connectivity index (χ1) is 12.8. The van der Waals surface area contributed by atoms with E-state index in [-0.39, 0.29) is 29.6 Å². The predicted octanol–water partition coefficient (Wildman–Crippen LogP) is 1.64. The van der Waals surface area contributed by atoms with E-state index in [1.54, 1.807) is 6.07 Å². The minimum absolute atomic E-state index is 0.0651. The van der Waals surface area contributed by atoms with Gasteiger partial charge in [0.2, 0.25) is 0 Å². The highest BCUT2D eigenvalue weighted by molar-refractivity contribution is 5.96. The first-order valence-electron chi connectivity index (χ1n) is 9.97. The van der Waals surface area contributed by atoms with Gasteiger partial charge in [-0.3, -0.25) is 14.5 Å². The van der Waals surface area contributed by atoms with Crippen molar-refractivity contribution in [3.05, 3.63) is 28.8 Å². The van der Waals surface area contributed by atoms with Crippen molar-refractivity contribution in [1.82, 2.24) is 4.90 Å². The maximum atomic E-state index is 12.5. The van der Waals surface area contributed by atoms with Crippen LogP contribution in [0.5, 0.6) is 5.75 Å². The summed E-state index contributed by atoms with van der Waals surface area (Å²) < 4.78 is 0. The Morgan fingerprint density at radius 3 is 2.85 bits per heavy atom. The minimum atomic E-state index is -1.08. The number of carbonyl (C=O) groups excluding carboxylic acids is 2. The lowest BCUT2D eigenvalue weighted by atomic mass is 9.49. The molecule has 1 aromatic carbocycles. The Bertz CT molecular complexity index is 808. The lowest BCUT2D eigenvalue weighted by Crippen LogP contribution is -2.73. The maximum absolute atomic E-state index is 12.5. The molecule has 0 unspecified atom stereocenters. The van der Waals surface area contributed by atoms with Gasteiger partial charge in [-0.1, -0.05) is 19.4 Å². The smallest absolute Gasteiger partial charge is 0.252 e. The molecular weight excluding hydrogens is 344 g/mol. The maximum Gasteiger partial charge on any atom is 0.252 e. The summed E-state index contributed by atoms with van der Waals surface area (Å²) in [6.45, 7) is 3.86. The van der Waals surface area contributed by atoms with E-state index < -0.39 is 16.9 Å². The number of hydrogen-bond acceptors (Lipinski definition) is 5. The van der Waals surface area contributed by atoms with E-state index in [1.807, 2.05) is 6.07 Å². The molecule has 0 aromatic heterocycles. The van der Waals surface area contributed by atoms with E-state index in [0.29, 0.717) is 31.2 Å². The average molecular weight is 372 g/mol. The molecule has 6 nitrogen and oxygen atoms in total. The fraction of sp³-hybridized carbons (Fsp3) is 0.619. The molecule has 2 fully saturated rings. The number of amides is 1. The highest BCUT2D eigenvalue weighted by atomic mass is 16.3. The van der Waals surface area contributed by atoms with E-state index in [4.69, 9.17) is 5.73 Å². The molecule has 0 spiro atoms. The van der Waals surface area contributed by atoms with Gasteiger partial charge in [-0.25, -0.2) is 0 Å². The van der Waals surface area contributed by atoms with Gasteiger partial charge in [0, 0.05) is 29.9 Å². The lowest BCUT2D eigenvalue weighted by Gasteiger charge is -2.63. The number of ketones is 1. The molecule has 1 heterocycles. The lowest BCUT2D eigenvalue weighted by molar-refractivity contribution is -0.172. The van der Waals surface area contributed by atoms with Crippen LogP contribution in [-0.4, -0.2) is 51.5 Å². The fourth-order valence-electron chi connectivity index (χ4n) is 5.83. The van der Waals surface area contributed by atoms with Crippen LogP contribution in [0.1, 0.15) is 66.9 Å². The number of Topliss-reactive ketones (excluding diaryl/α,β-unsaturated/α-hetero) is 1. The van der Waals surface area contributed by atoms with Gasteiger partial charge in [-0.2, -0.15) is 0 Å². The molecule has 0 radical (unpaired) electrons. The summed E-state index contributed by atoms with van der Waals surface area (Å²) in [5, 5.41) is 22.9. The molecule has 1 amide bonds. The van der Waals surface area contributed by atoms with Crippen LogP contribution in [0.3, 0.4) is 0 Å². The molecule has 2 aliphatic carbocycles. The number of benzene rings is 1. The van der Waals surface area contributed by atoms with Gasteiger partial charge in [-0.05, 0) is 50.4 Å². The molecule has 6 heteroatoms. The molecule has 2 bridgehead atoms. The van der Waals surface area contributed by atoms with Crippen molar-refractivity contribution in [3.63, 3.8) is 0 Å². The van der Waals surface area contributed by atoms with Gasteiger partial charge in [0.25, 0.3) is 5.91 Å². The summed E-state index contributed by atoms with van der Waals surface area (Å²) in [5.74, 6) is -0.731. The minimum Gasteiger partial charge on any atom is -0.507 e. The third kappa shape index (κ3) is 2.46. The molecule has 4 N–H and O–H groups in total. The number of unbranched alkanes of at least 4 members (excludes halogenated alkanes) is 1. The Labute approximate surface area is 159 Å². The van der Waals surface area contributed by atoms with E-state index in [2.05, 4.69) is 11.8 Å². The number of likely N-dealkylation sites (tertiary alicyclic amines) is 1. The normalized spacial score (nSPS) is 32.7. The zero-order valence-electron chi connectivity index (χ0n) is 15.8. The van der Waals surface area contributed by atoms with Crippen molar-refractivity contribution in [2.45, 2.75) is 68.9 Å². The second kappa shape index (κ2) is 6.31. The molecule has 1 saturated carbocycles. The number of piperidine rings is 1. The van der Waals surface area contributed by atoms with Crippen molar-refractivity contribution in [1.29, 1.82) is 0 Å². The van der Waals surface area contributed by atoms with Crippen molar-refractivity contribution >= 4 is 11.7 Å². The summed E-state index contributed by atoms with van der Waals surface area (Å²) in [6, 6.07) is 3.33. The van der Waals surface area contributed by atoms with Crippen molar-refractivity contribution < 1.29 is 19.8 Å². The molecule has 1 saturated heterocycles. The summed E-state index contributed by atoms with van der Waals surface area (Å²) in [5.41, 5.74) is 5.10. The van der Waals surface area contributed by atoms with Crippen LogP contribution in [-0.2, 0) is 16.6 Å². The molecule has 3 aliphatic rings. The zero-order valence-corrected chi connectivity index (χ0v) is 15.8. The quantitative estimate of drug-likeness (QED) is 0.745. The van der Waals surface area contributed by atoms with Crippen LogP contribution in [0, 0.1) is 0 Å². The monoisotopic (exact) mass is 372 g/mol. The number of nitrogens with two attached hydrogens (primary N) is 1. The van der Waals surface area contributed by atoms with Crippen molar-refractivity contribution in [2.75, 3.05) is 13.1 Å². The van der Waals surface area contributed by atoms with Gasteiger partial charge >= 0.3 is 0 Å². The van der Waals surface area contributed by atoms with E-state index in [9.17, 15) is 19.8 Å². The van der Waals surface area contributed by atoms with Gasteiger partial charge in [0.15, 0.2) is 0 Å². The highest BCUT2D eigenvalue weighted by Gasteiger charge is 2.65. The Kier molecular flexibility index (Phi) is 4.31. The summed E-state index contributed by atoms with van der Waals surface area (Å²) in [7, 11) is 0.